The highest BCUT2D eigenvalue weighted by atomic mass is 16.5. The largest absolute Gasteiger partial charge is 0.472 e. The van der Waals surface area contributed by atoms with Crippen molar-refractivity contribution in [2.24, 2.45) is 0 Å². The van der Waals surface area contributed by atoms with E-state index in [9.17, 15) is 4.79 Å². The molecular weight excluding hydrogens is 272 g/mol. The summed E-state index contributed by atoms with van der Waals surface area (Å²) in [7, 11) is 0. The van der Waals surface area contributed by atoms with Crippen LogP contribution < -0.4 is 0 Å². The molecule has 3 rings (SSSR count). The number of H-pyrrole nitrogens is 1. The average molecular weight is 290 g/mol. The van der Waals surface area contributed by atoms with Crippen LogP contribution >= 0.6 is 0 Å². The van der Waals surface area contributed by atoms with Crippen molar-refractivity contribution in [1.82, 2.24) is 20.1 Å². The van der Waals surface area contributed by atoms with Crippen molar-refractivity contribution in [1.29, 1.82) is 0 Å². The Balaban J connectivity index is 1.69. The number of aromatic amines is 1. The van der Waals surface area contributed by atoms with Crippen LogP contribution in [-0.4, -0.2) is 45.7 Å². The third-order valence-electron chi connectivity index (χ3n) is 3.45. The second-order valence-electron chi connectivity index (χ2n) is 5.01. The topological polar surface area (TPSA) is 84.2 Å². The van der Waals surface area contributed by atoms with Gasteiger partial charge in [-0.3, -0.25) is 9.89 Å². The van der Waals surface area contributed by atoms with Crippen LogP contribution in [0, 0.1) is 0 Å². The molecule has 0 unspecified atom stereocenters. The number of amides is 1. The molecule has 1 amide bonds. The summed E-state index contributed by atoms with van der Waals surface area (Å²) in [6.07, 6.45) is 4.54. The maximum absolute atomic E-state index is 12.3. The Labute approximate surface area is 122 Å². The molecule has 0 bridgehead atoms. The zero-order valence-electron chi connectivity index (χ0n) is 11.9. The Morgan fingerprint density at radius 1 is 1.57 bits per heavy atom. The highest BCUT2D eigenvalue weighted by Gasteiger charge is 2.28. The lowest BCUT2D eigenvalue weighted by molar-refractivity contribution is -0.0267. The van der Waals surface area contributed by atoms with Crippen LogP contribution in [0.25, 0.3) is 0 Å². The smallest absolute Gasteiger partial charge is 0.257 e. The molecule has 2 aromatic heterocycles. The minimum Gasteiger partial charge on any atom is -0.472 e. The van der Waals surface area contributed by atoms with Crippen LogP contribution in [0.3, 0.4) is 0 Å². The van der Waals surface area contributed by atoms with Gasteiger partial charge in [0.25, 0.3) is 5.91 Å². The van der Waals surface area contributed by atoms with Crippen molar-refractivity contribution in [3.05, 3.63) is 35.8 Å². The van der Waals surface area contributed by atoms with Crippen LogP contribution in [0.4, 0.5) is 0 Å². The molecule has 0 aromatic carbocycles. The Morgan fingerprint density at radius 2 is 2.48 bits per heavy atom. The molecule has 1 atom stereocenters. The molecular formula is C14H18N4O3. The van der Waals surface area contributed by atoms with E-state index in [1.807, 2.05) is 0 Å². The summed E-state index contributed by atoms with van der Waals surface area (Å²) in [5, 5.41) is 7.11. The second kappa shape index (κ2) is 6.09. The minimum absolute atomic E-state index is 0.0543. The standard InChI is InChI=1S/C14H18N4O3/c1-2-3-12-15-13(17-16-12)11-8-18(5-7-21-11)14(19)10-4-6-20-9-10/h4,6,9,11H,2-3,5,7-8H2,1H3,(H,15,16,17)/t11-/m1/s1. The highest BCUT2D eigenvalue weighted by molar-refractivity contribution is 5.93. The summed E-state index contributed by atoms with van der Waals surface area (Å²) in [6, 6.07) is 1.67. The fourth-order valence-corrected chi connectivity index (χ4v) is 2.36. The zero-order chi connectivity index (χ0) is 14.7. The predicted octanol–water partition coefficient (Wildman–Crippen LogP) is 1.56. The van der Waals surface area contributed by atoms with Crippen LogP contribution in [0.2, 0.25) is 0 Å². The molecule has 1 aliphatic heterocycles. The summed E-state index contributed by atoms with van der Waals surface area (Å²) >= 11 is 0. The van der Waals surface area contributed by atoms with E-state index < -0.39 is 0 Å². The number of carbonyl (C=O) groups is 1. The van der Waals surface area contributed by atoms with Crippen LogP contribution in [-0.2, 0) is 11.2 Å². The normalized spacial score (nSPS) is 18.9. The lowest BCUT2D eigenvalue weighted by atomic mass is 10.2. The molecule has 0 saturated carbocycles. The van der Waals surface area contributed by atoms with E-state index in [0.29, 0.717) is 31.1 Å². The molecule has 1 N–H and O–H groups in total. The Morgan fingerprint density at radius 3 is 3.24 bits per heavy atom. The van der Waals surface area contributed by atoms with Gasteiger partial charge in [0.2, 0.25) is 0 Å². The van der Waals surface area contributed by atoms with E-state index in [-0.39, 0.29) is 12.0 Å². The second-order valence-corrected chi connectivity index (χ2v) is 5.01. The highest BCUT2D eigenvalue weighted by Crippen LogP contribution is 2.21. The van der Waals surface area contributed by atoms with Gasteiger partial charge in [-0.05, 0) is 12.5 Å². The van der Waals surface area contributed by atoms with Gasteiger partial charge in [-0.15, -0.1) is 0 Å². The Bertz CT molecular complexity index is 593. The lowest BCUT2D eigenvalue weighted by Crippen LogP contribution is -2.42. The van der Waals surface area contributed by atoms with Crippen molar-refractivity contribution in [3.63, 3.8) is 0 Å². The van der Waals surface area contributed by atoms with E-state index in [1.54, 1.807) is 11.0 Å². The first-order valence-corrected chi connectivity index (χ1v) is 7.12. The third-order valence-corrected chi connectivity index (χ3v) is 3.45. The summed E-state index contributed by atoms with van der Waals surface area (Å²) in [6.45, 7) is 3.58. The molecule has 1 fully saturated rings. The number of nitrogens with zero attached hydrogens (tertiary/aromatic N) is 3. The van der Waals surface area contributed by atoms with Gasteiger partial charge in [0.1, 0.15) is 18.2 Å². The summed E-state index contributed by atoms with van der Waals surface area (Å²) in [5.41, 5.74) is 0.553. The van der Waals surface area contributed by atoms with Crippen molar-refractivity contribution >= 4 is 5.91 Å². The van der Waals surface area contributed by atoms with Crippen molar-refractivity contribution in [3.8, 4) is 0 Å². The van der Waals surface area contributed by atoms with Crippen LogP contribution in [0.5, 0.6) is 0 Å². The summed E-state index contributed by atoms with van der Waals surface area (Å²) < 4.78 is 10.7. The number of nitrogens with one attached hydrogen (secondary N) is 1. The molecule has 21 heavy (non-hydrogen) atoms. The van der Waals surface area contributed by atoms with Gasteiger partial charge < -0.3 is 14.1 Å². The molecule has 112 valence electrons. The monoisotopic (exact) mass is 290 g/mol. The molecule has 0 spiro atoms. The Hall–Kier alpha value is -2.15. The van der Waals surface area contributed by atoms with Gasteiger partial charge in [-0.2, -0.15) is 5.10 Å². The van der Waals surface area contributed by atoms with Crippen LogP contribution in [0.1, 0.15) is 41.5 Å². The van der Waals surface area contributed by atoms with Crippen molar-refractivity contribution in [2.75, 3.05) is 19.7 Å². The third kappa shape index (κ3) is 2.97. The first kappa shape index (κ1) is 13.8. The van der Waals surface area contributed by atoms with Gasteiger partial charge >= 0.3 is 0 Å². The van der Waals surface area contributed by atoms with Gasteiger partial charge in [-0.25, -0.2) is 4.98 Å². The molecule has 7 heteroatoms. The lowest BCUT2D eigenvalue weighted by Gasteiger charge is -2.31. The van der Waals surface area contributed by atoms with E-state index in [0.717, 1.165) is 18.7 Å². The number of aromatic nitrogens is 3. The minimum atomic E-state index is -0.281. The van der Waals surface area contributed by atoms with Gasteiger partial charge in [-0.1, -0.05) is 6.92 Å². The van der Waals surface area contributed by atoms with E-state index in [2.05, 4.69) is 22.1 Å². The summed E-state index contributed by atoms with van der Waals surface area (Å²) in [4.78, 5) is 18.5. The molecule has 1 aliphatic rings. The van der Waals surface area contributed by atoms with E-state index in [4.69, 9.17) is 9.15 Å². The zero-order valence-corrected chi connectivity index (χ0v) is 11.9. The summed E-state index contributed by atoms with van der Waals surface area (Å²) in [5.74, 6) is 1.42. The van der Waals surface area contributed by atoms with Crippen molar-refractivity contribution in [2.45, 2.75) is 25.9 Å². The number of ether oxygens (including phenoxy) is 1. The number of morpholine rings is 1. The number of hydrogen-bond acceptors (Lipinski definition) is 5. The number of furan rings is 1. The first-order valence-electron chi connectivity index (χ1n) is 7.12. The van der Waals surface area contributed by atoms with Gasteiger partial charge in [0.15, 0.2) is 5.82 Å². The number of aryl methyl sites for hydroxylation is 1. The van der Waals surface area contributed by atoms with Crippen LogP contribution in [0.15, 0.2) is 23.0 Å². The van der Waals surface area contributed by atoms with Crippen molar-refractivity contribution < 1.29 is 13.9 Å². The number of hydrogen-bond donors (Lipinski definition) is 1. The van der Waals surface area contributed by atoms with E-state index >= 15 is 0 Å². The molecule has 0 aliphatic carbocycles. The first-order chi connectivity index (χ1) is 10.3. The van der Waals surface area contributed by atoms with E-state index in [1.165, 1.54) is 12.5 Å². The van der Waals surface area contributed by atoms with Gasteiger partial charge in [0, 0.05) is 13.0 Å². The molecule has 0 radical (unpaired) electrons. The maximum Gasteiger partial charge on any atom is 0.257 e. The number of carbonyl (C=O) groups excluding carboxylic acids is 1. The Kier molecular flexibility index (Phi) is 4.01. The molecule has 7 nitrogen and oxygen atoms in total. The fraction of sp³-hybridized carbons (Fsp3) is 0.500. The molecule has 2 aromatic rings. The average Bonchev–Trinajstić information content (AvgIpc) is 3.18. The quantitative estimate of drug-likeness (QED) is 0.923. The number of rotatable bonds is 4. The predicted molar refractivity (Wildman–Crippen MR) is 73.7 cm³/mol. The SMILES string of the molecule is CCCc1nc([C@H]2CN(C(=O)c3ccoc3)CCO2)n[nH]1. The van der Waals surface area contributed by atoms with Gasteiger partial charge in [0.05, 0.1) is 25.0 Å². The molecule has 1 saturated heterocycles. The fourth-order valence-electron chi connectivity index (χ4n) is 2.36. The molecule has 3 heterocycles. The maximum atomic E-state index is 12.3.